The molecule has 28 heavy (non-hydrogen) atoms. The zero-order valence-electron chi connectivity index (χ0n) is 15.0. The highest BCUT2D eigenvalue weighted by Crippen LogP contribution is 2.25. The summed E-state index contributed by atoms with van der Waals surface area (Å²) >= 11 is 1.26. The first-order valence-corrected chi connectivity index (χ1v) is 10.8. The van der Waals surface area contributed by atoms with Crippen LogP contribution in [0.15, 0.2) is 53.4 Å². The van der Waals surface area contributed by atoms with E-state index >= 15 is 0 Å². The molecule has 2 N–H and O–H groups in total. The van der Waals surface area contributed by atoms with Crippen molar-refractivity contribution in [3.8, 4) is 0 Å². The molecule has 0 aliphatic carbocycles. The maximum Gasteiger partial charge on any atom is 0.315 e. The van der Waals surface area contributed by atoms with Crippen LogP contribution in [0.1, 0.15) is 6.42 Å². The van der Waals surface area contributed by atoms with Gasteiger partial charge in [0.15, 0.2) is 0 Å². The SMILES string of the molecule is COC(=O)CSCCC(=O)Nc1ccccc1NS(=O)(=O)c1ccc(F)cc1. The molecule has 7 nitrogen and oxygen atoms in total. The number of sulfonamides is 1. The van der Waals surface area contributed by atoms with Crippen LogP contribution in [0.2, 0.25) is 0 Å². The van der Waals surface area contributed by atoms with Gasteiger partial charge in [-0.25, -0.2) is 12.8 Å². The Morgan fingerprint density at radius 2 is 1.71 bits per heavy atom. The van der Waals surface area contributed by atoms with Crippen LogP contribution in [0, 0.1) is 5.82 Å². The van der Waals surface area contributed by atoms with E-state index in [-0.39, 0.29) is 40.3 Å². The Morgan fingerprint density at radius 1 is 1.07 bits per heavy atom. The Bertz CT molecular complexity index is 933. The summed E-state index contributed by atoms with van der Waals surface area (Å²) in [5.74, 6) is -0.684. The second-order valence-electron chi connectivity index (χ2n) is 5.53. The van der Waals surface area contributed by atoms with Gasteiger partial charge in [0.2, 0.25) is 5.91 Å². The Kier molecular flexibility index (Phi) is 7.82. The topological polar surface area (TPSA) is 102 Å². The molecule has 2 aromatic carbocycles. The fraction of sp³-hybridized carbons (Fsp3) is 0.222. The molecule has 0 atom stereocenters. The third kappa shape index (κ3) is 6.54. The smallest absolute Gasteiger partial charge is 0.315 e. The molecule has 2 aromatic rings. The van der Waals surface area contributed by atoms with Gasteiger partial charge < -0.3 is 10.1 Å². The van der Waals surface area contributed by atoms with Crippen molar-refractivity contribution in [2.45, 2.75) is 11.3 Å². The van der Waals surface area contributed by atoms with Crippen molar-refractivity contribution >= 4 is 45.0 Å². The highest BCUT2D eigenvalue weighted by Gasteiger charge is 2.17. The van der Waals surface area contributed by atoms with Gasteiger partial charge in [0.1, 0.15) is 5.82 Å². The van der Waals surface area contributed by atoms with Gasteiger partial charge in [-0.05, 0) is 36.4 Å². The van der Waals surface area contributed by atoms with Crippen LogP contribution in [0.5, 0.6) is 0 Å². The van der Waals surface area contributed by atoms with E-state index in [0.717, 1.165) is 24.3 Å². The predicted molar refractivity (Wildman–Crippen MR) is 106 cm³/mol. The Hall–Kier alpha value is -2.59. The van der Waals surface area contributed by atoms with Gasteiger partial charge in [0, 0.05) is 12.2 Å². The number of methoxy groups -OCH3 is 1. The van der Waals surface area contributed by atoms with Crippen LogP contribution in [-0.4, -0.2) is 38.9 Å². The molecule has 0 heterocycles. The number of esters is 1. The largest absolute Gasteiger partial charge is 0.468 e. The number of ether oxygens (including phenoxy) is 1. The van der Waals surface area contributed by atoms with E-state index < -0.39 is 15.8 Å². The first-order valence-electron chi connectivity index (χ1n) is 8.13. The van der Waals surface area contributed by atoms with Gasteiger partial charge >= 0.3 is 5.97 Å². The molecule has 150 valence electrons. The molecule has 0 saturated carbocycles. The maximum atomic E-state index is 13.0. The maximum absolute atomic E-state index is 13.0. The van der Waals surface area contributed by atoms with Crippen LogP contribution in [0.25, 0.3) is 0 Å². The van der Waals surface area contributed by atoms with Crippen LogP contribution >= 0.6 is 11.8 Å². The first kappa shape index (κ1) is 21.7. The van der Waals surface area contributed by atoms with Crippen LogP contribution in [-0.2, 0) is 24.3 Å². The van der Waals surface area contributed by atoms with E-state index in [9.17, 15) is 22.4 Å². The molecule has 0 unspecified atom stereocenters. The second-order valence-corrected chi connectivity index (χ2v) is 8.32. The zero-order chi connectivity index (χ0) is 20.6. The lowest BCUT2D eigenvalue weighted by molar-refractivity contribution is -0.137. The molecular weight excluding hydrogens is 407 g/mol. The van der Waals surface area contributed by atoms with Crippen molar-refractivity contribution in [2.24, 2.45) is 0 Å². The number of benzene rings is 2. The number of thioether (sulfide) groups is 1. The van der Waals surface area contributed by atoms with Gasteiger partial charge in [-0.1, -0.05) is 12.1 Å². The van der Waals surface area contributed by atoms with Gasteiger partial charge in [0.05, 0.1) is 29.1 Å². The van der Waals surface area contributed by atoms with Crippen LogP contribution in [0.3, 0.4) is 0 Å². The van der Waals surface area contributed by atoms with E-state index in [0.29, 0.717) is 5.75 Å². The summed E-state index contributed by atoms with van der Waals surface area (Å²) in [5, 5.41) is 2.64. The van der Waals surface area contributed by atoms with Crippen LogP contribution in [0.4, 0.5) is 15.8 Å². The summed E-state index contributed by atoms with van der Waals surface area (Å²) in [6.07, 6.45) is 0.140. The Balaban J connectivity index is 2.01. The van der Waals surface area contributed by atoms with Crippen LogP contribution < -0.4 is 10.0 Å². The van der Waals surface area contributed by atoms with Crippen molar-refractivity contribution in [3.63, 3.8) is 0 Å². The summed E-state index contributed by atoms with van der Waals surface area (Å²) in [4.78, 5) is 23.0. The normalized spacial score (nSPS) is 10.9. The minimum absolute atomic E-state index is 0.103. The van der Waals surface area contributed by atoms with Crippen molar-refractivity contribution in [1.29, 1.82) is 0 Å². The first-order chi connectivity index (χ1) is 13.3. The molecule has 0 radical (unpaired) electrons. The summed E-state index contributed by atoms with van der Waals surface area (Å²) in [6, 6.07) is 10.7. The molecule has 0 spiro atoms. The number of rotatable bonds is 9. The summed E-state index contributed by atoms with van der Waals surface area (Å²) < 4.78 is 44.8. The fourth-order valence-corrected chi connectivity index (χ4v) is 3.93. The number of hydrogen-bond acceptors (Lipinski definition) is 6. The monoisotopic (exact) mass is 426 g/mol. The third-order valence-corrected chi connectivity index (χ3v) is 5.80. The van der Waals surface area contributed by atoms with Crippen molar-refractivity contribution in [2.75, 3.05) is 28.7 Å². The van der Waals surface area contributed by atoms with Crippen molar-refractivity contribution in [3.05, 3.63) is 54.3 Å². The lowest BCUT2D eigenvalue weighted by Gasteiger charge is -2.13. The lowest BCUT2D eigenvalue weighted by Crippen LogP contribution is -2.17. The lowest BCUT2D eigenvalue weighted by atomic mass is 10.2. The Labute approximate surface area is 166 Å². The highest BCUT2D eigenvalue weighted by atomic mass is 32.2. The van der Waals surface area contributed by atoms with Crippen molar-refractivity contribution < 1.29 is 27.1 Å². The third-order valence-electron chi connectivity index (χ3n) is 3.49. The van der Waals surface area contributed by atoms with Gasteiger partial charge in [0.25, 0.3) is 10.0 Å². The number of carbonyl (C=O) groups is 2. The number of anilines is 2. The molecule has 0 aromatic heterocycles. The molecule has 1 amide bonds. The standard InChI is InChI=1S/C18H19FN2O5S2/c1-26-18(23)12-27-11-10-17(22)20-15-4-2-3-5-16(15)21-28(24,25)14-8-6-13(19)7-9-14/h2-9,21H,10-12H2,1H3,(H,20,22). The van der Waals surface area contributed by atoms with Crippen molar-refractivity contribution in [1.82, 2.24) is 0 Å². The highest BCUT2D eigenvalue weighted by molar-refractivity contribution is 7.99. The predicted octanol–water partition coefficient (Wildman–Crippen LogP) is 2.86. The minimum atomic E-state index is -3.95. The molecule has 2 rings (SSSR count). The summed E-state index contributed by atoms with van der Waals surface area (Å²) in [5.41, 5.74) is 0.471. The average Bonchev–Trinajstić information content (AvgIpc) is 2.66. The molecule has 10 heteroatoms. The quantitative estimate of drug-likeness (QED) is 0.472. The minimum Gasteiger partial charge on any atom is -0.468 e. The number of halogens is 1. The Morgan fingerprint density at radius 3 is 2.36 bits per heavy atom. The van der Waals surface area contributed by atoms with E-state index in [2.05, 4.69) is 14.8 Å². The number of carbonyl (C=O) groups excluding carboxylic acids is 2. The molecule has 0 aliphatic rings. The van der Waals surface area contributed by atoms with E-state index in [4.69, 9.17) is 0 Å². The summed E-state index contributed by atoms with van der Waals surface area (Å²) in [6.45, 7) is 0. The number of amides is 1. The van der Waals surface area contributed by atoms with Gasteiger partial charge in [-0.2, -0.15) is 0 Å². The molecule has 0 fully saturated rings. The van der Waals surface area contributed by atoms with E-state index in [1.165, 1.54) is 24.9 Å². The second kappa shape index (κ2) is 10.1. The van der Waals surface area contributed by atoms with E-state index in [1.807, 2.05) is 0 Å². The molecule has 0 bridgehead atoms. The molecule has 0 aliphatic heterocycles. The summed E-state index contributed by atoms with van der Waals surface area (Å²) in [7, 11) is -2.65. The number of hydrogen-bond donors (Lipinski definition) is 2. The average molecular weight is 426 g/mol. The van der Waals surface area contributed by atoms with Gasteiger partial charge in [-0.15, -0.1) is 11.8 Å². The number of para-hydroxylation sites is 2. The van der Waals surface area contributed by atoms with Gasteiger partial charge in [-0.3, -0.25) is 14.3 Å². The molecule has 0 saturated heterocycles. The van der Waals surface area contributed by atoms with E-state index in [1.54, 1.807) is 18.2 Å². The molecular formula is C18H19FN2O5S2. The number of nitrogens with one attached hydrogen (secondary N) is 2. The zero-order valence-corrected chi connectivity index (χ0v) is 16.6. The fourth-order valence-electron chi connectivity index (χ4n) is 2.09.